The highest BCUT2D eigenvalue weighted by Crippen LogP contribution is 2.37. The summed E-state index contributed by atoms with van der Waals surface area (Å²) in [4.78, 5) is 11.7. The van der Waals surface area contributed by atoms with Gasteiger partial charge in [-0.05, 0) is 48.0 Å². The van der Waals surface area contributed by atoms with E-state index < -0.39 is 5.97 Å². The first-order chi connectivity index (χ1) is 10.6. The van der Waals surface area contributed by atoms with Gasteiger partial charge >= 0.3 is 5.97 Å². The average Bonchev–Trinajstić information content (AvgIpc) is 2.94. The number of fused-ring (bicyclic) bond motifs is 1. The minimum absolute atomic E-state index is 0.182. The van der Waals surface area contributed by atoms with Crippen LogP contribution in [0.5, 0.6) is 17.2 Å². The molecule has 112 valence electrons. The molecule has 0 amide bonds. The van der Waals surface area contributed by atoms with Gasteiger partial charge in [0.15, 0.2) is 11.5 Å². The first-order valence-corrected chi connectivity index (χ1v) is 7.16. The van der Waals surface area contributed by atoms with Crippen LogP contribution in [0.4, 0.5) is 4.39 Å². The van der Waals surface area contributed by atoms with Crippen LogP contribution in [-0.4, -0.2) is 12.8 Å². The summed E-state index contributed by atoms with van der Waals surface area (Å²) in [5.41, 5.74) is 0.750. The molecule has 2 aromatic carbocycles. The van der Waals surface area contributed by atoms with Gasteiger partial charge < -0.3 is 14.2 Å². The Kier molecular flexibility index (Phi) is 4.11. The smallest absolute Gasteiger partial charge is 0.336 e. The first-order valence-electron chi connectivity index (χ1n) is 6.36. The second-order valence-corrected chi connectivity index (χ2v) is 5.29. The second-order valence-electron chi connectivity index (χ2n) is 4.44. The summed E-state index contributed by atoms with van der Waals surface area (Å²) in [6, 6.07) is 8.75. The SMILES string of the molecule is O=C(/C=C/c1cc2c(cc1Br)OCO2)Oc1ccc(F)cc1. The Hall–Kier alpha value is -2.34. The van der Waals surface area contributed by atoms with E-state index in [4.69, 9.17) is 14.2 Å². The Balaban J connectivity index is 1.71. The second kappa shape index (κ2) is 6.19. The molecular formula is C16H10BrFO4. The molecule has 2 aromatic rings. The standard InChI is InChI=1S/C16H10BrFO4/c17-13-8-15-14(20-9-21-15)7-10(13)1-6-16(19)22-12-4-2-11(18)3-5-12/h1-8H,9H2/b6-1+. The molecule has 0 atom stereocenters. The summed E-state index contributed by atoms with van der Waals surface area (Å²) in [6.45, 7) is 0.182. The molecule has 22 heavy (non-hydrogen) atoms. The molecule has 0 unspecified atom stereocenters. The summed E-state index contributed by atoms with van der Waals surface area (Å²) >= 11 is 3.39. The highest BCUT2D eigenvalue weighted by Gasteiger charge is 2.15. The van der Waals surface area contributed by atoms with E-state index in [0.29, 0.717) is 11.5 Å². The topological polar surface area (TPSA) is 44.8 Å². The van der Waals surface area contributed by atoms with E-state index in [0.717, 1.165) is 10.0 Å². The lowest BCUT2D eigenvalue weighted by atomic mass is 10.2. The predicted molar refractivity (Wildman–Crippen MR) is 81.3 cm³/mol. The van der Waals surface area contributed by atoms with Crippen LogP contribution in [-0.2, 0) is 4.79 Å². The van der Waals surface area contributed by atoms with E-state index in [-0.39, 0.29) is 18.4 Å². The molecule has 0 fully saturated rings. The molecule has 0 radical (unpaired) electrons. The zero-order valence-corrected chi connectivity index (χ0v) is 12.8. The minimum atomic E-state index is -0.559. The maximum atomic E-state index is 12.8. The van der Waals surface area contributed by atoms with Crippen molar-refractivity contribution < 1.29 is 23.4 Å². The van der Waals surface area contributed by atoms with Gasteiger partial charge in [0.05, 0.1) is 0 Å². The van der Waals surface area contributed by atoms with E-state index in [1.54, 1.807) is 18.2 Å². The number of ether oxygens (including phenoxy) is 3. The van der Waals surface area contributed by atoms with E-state index >= 15 is 0 Å². The zero-order valence-electron chi connectivity index (χ0n) is 11.2. The van der Waals surface area contributed by atoms with Gasteiger partial charge in [0.25, 0.3) is 0 Å². The number of esters is 1. The van der Waals surface area contributed by atoms with Crippen molar-refractivity contribution in [3.63, 3.8) is 0 Å². The van der Waals surface area contributed by atoms with Crippen LogP contribution in [0, 0.1) is 5.82 Å². The Morgan fingerprint density at radius 1 is 1.18 bits per heavy atom. The summed E-state index contributed by atoms with van der Waals surface area (Å²) in [5.74, 6) is 0.601. The molecule has 0 aliphatic carbocycles. The summed E-state index contributed by atoms with van der Waals surface area (Å²) < 4.78 is 29.1. The molecular weight excluding hydrogens is 355 g/mol. The molecule has 3 rings (SSSR count). The van der Waals surface area contributed by atoms with Gasteiger partial charge in [-0.3, -0.25) is 0 Å². The molecule has 0 saturated carbocycles. The fourth-order valence-corrected chi connectivity index (χ4v) is 2.33. The molecule has 1 aliphatic heterocycles. The third-order valence-electron chi connectivity index (χ3n) is 2.92. The van der Waals surface area contributed by atoms with Crippen molar-refractivity contribution in [3.05, 3.63) is 58.3 Å². The molecule has 0 spiro atoms. The minimum Gasteiger partial charge on any atom is -0.454 e. The maximum absolute atomic E-state index is 12.8. The lowest BCUT2D eigenvalue weighted by Crippen LogP contribution is -2.03. The van der Waals surface area contributed by atoms with Crippen LogP contribution >= 0.6 is 15.9 Å². The third-order valence-corrected chi connectivity index (χ3v) is 3.61. The maximum Gasteiger partial charge on any atom is 0.336 e. The van der Waals surface area contributed by atoms with Crippen molar-refractivity contribution in [1.82, 2.24) is 0 Å². The van der Waals surface area contributed by atoms with Crippen LogP contribution in [0.25, 0.3) is 6.08 Å². The fourth-order valence-electron chi connectivity index (χ4n) is 1.87. The van der Waals surface area contributed by atoms with E-state index in [2.05, 4.69) is 15.9 Å². The number of carbonyl (C=O) groups is 1. The normalized spacial score (nSPS) is 12.6. The van der Waals surface area contributed by atoms with Gasteiger partial charge in [-0.25, -0.2) is 9.18 Å². The van der Waals surface area contributed by atoms with Gasteiger partial charge in [-0.15, -0.1) is 0 Å². The van der Waals surface area contributed by atoms with Crippen molar-refractivity contribution in [2.24, 2.45) is 0 Å². The summed E-state index contributed by atoms with van der Waals surface area (Å²) in [7, 11) is 0. The molecule has 0 aromatic heterocycles. The predicted octanol–water partition coefficient (Wildman–Crippen LogP) is 3.94. The molecule has 6 heteroatoms. The number of carbonyl (C=O) groups excluding carboxylic acids is 1. The lowest BCUT2D eigenvalue weighted by Gasteiger charge is -2.02. The number of benzene rings is 2. The van der Waals surface area contributed by atoms with Crippen LogP contribution in [0.3, 0.4) is 0 Å². The fraction of sp³-hybridized carbons (Fsp3) is 0.0625. The highest BCUT2D eigenvalue weighted by molar-refractivity contribution is 9.10. The highest BCUT2D eigenvalue weighted by atomic mass is 79.9. The molecule has 1 aliphatic rings. The Morgan fingerprint density at radius 3 is 2.59 bits per heavy atom. The van der Waals surface area contributed by atoms with Gasteiger partial charge in [-0.2, -0.15) is 0 Å². The first kappa shape index (κ1) is 14.6. The van der Waals surface area contributed by atoms with Crippen LogP contribution in [0.2, 0.25) is 0 Å². The van der Waals surface area contributed by atoms with E-state index in [1.165, 1.54) is 30.3 Å². The van der Waals surface area contributed by atoms with Crippen LogP contribution in [0.1, 0.15) is 5.56 Å². The molecule has 1 heterocycles. The number of hydrogen-bond acceptors (Lipinski definition) is 4. The number of halogens is 2. The Bertz CT molecular complexity index is 741. The van der Waals surface area contributed by atoms with Crippen molar-refractivity contribution in [3.8, 4) is 17.2 Å². The summed E-state index contributed by atoms with van der Waals surface area (Å²) in [6.07, 6.45) is 2.88. The van der Waals surface area contributed by atoms with Gasteiger partial charge in [0, 0.05) is 10.5 Å². The van der Waals surface area contributed by atoms with Crippen LogP contribution in [0.15, 0.2) is 46.9 Å². The largest absolute Gasteiger partial charge is 0.454 e. The molecule has 0 N–H and O–H groups in total. The van der Waals surface area contributed by atoms with Gasteiger partial charge in [-0.1, -0.05) is 15.9 Å². The molecule has 0 saturated heterocycles. The van der Waals surface area contributed by atoms with E-state index in [1.807, 2.05) is 0 Å². The average molecular weight is 365 g/mol. The van der Waals surface area contributed by atoms with Crippen molar-refractivity contribution in [1.29, 1.82) is 0 Å². The molecule has 4 nitrogen and oxygen atoms in total. The Morgan fingerprint density at radius 2 is 1.86 bits per heavy atom. The van der Waals surface area contributed by atoms with Crippen molar-refractivity contribution in [2.75, 3.05) is 6.79 Å². The van der Waals surface area contributed by atoms with Gasteiger partial charge in [0.1, 0.15) is 11.6 Å². The lowest BCUT2D eigenvalue weighted by molar-refractivity contribution is -0.128. The number of hydrogen-bond donors (Lipinski definition) is 0. The quantitative estimate of drug-likeness (QED) is 0.470. The zero-order chi connectivity index (χ0) is 15.5. The van der Waals surface area contributed by atoms with Gasteiger partial charge in [0.2, 0.25) is 6.79 Å². The number of rotatable bonds is 3. The molecule has 0 bridgehead atoms. The third kappa shape index (κ3) is 3.28. The monoisotopic (exact) mass is 364 g/mol. The Labute approximate surface area is 134 Å². The summed E-state index contributed by atoms with van der Waals surface area (Å²) in [5, 5.41) is 0. The van der Waals surface area contributed by atoms with E-state index in [9.17, 15) is 9.18 Å². The van der Waals surface area contributed by atoms with Crippen LogP contribution < -0.4 is 14.2 Å². The van der Waals surface area contributed by atoms with Crippen molar-refractivity contribution >= 4 is 28.0 Å². The van der Waals surface area contributed by atoms with Crippen molar-refractivity contribution in [2.45, 2.75) is 0 Å².